The fraction of sp³-hybridized carbons (Fsp3) is 0.375. The molecule has 0 spiro atoms. The van der Waals surface area contributed by atoms with Crippen LogP contribution in [0.25, 0.3) is 11.0 Å². The van der Waals surface area contributed by atoms with E-state index in [9.17, 15) is 14.9 Å². The van der Waals surface area contributed by atoms with Crippen molar-refractivity contribution in [3.63, 3.8) is 0 Å². The quantitative estimate of drug-likeness (QED) is 0.775. The van der Waals surface area contributed by atoms with Crippen LogP contribution in [0.15, 0.2) is 16.9 Å². The van der Waals surface area contributed by atoms with Gasteiger partial charge in [-0.1, -0.05) is 0 Å². The molecule has 0 saturated carbocycles. The number of anilines is 1. The number of nitriles is 1. The summed E-state index contributed by atoms with van der Waals surface area (Å²) in [6.45, 7) is 2.80. The number of hydrogen-bond donors (Lipinski definition) is 1. The highest BCUT2D eigenvalue weighted by atomic mass is 16.5. The monoisotopic (exact) mass is 327 g/mol. The molecule has 2 aromatic rings. The summed E-state index contributed by atoms with van der Waals surface area (Å²) in [7, 11) is 2.87. The fourth-order valence-corrected chi connectivity index (χ4v) is 2.91. The summed E-state index contributed by atoms with van der Waals surface area (Å²) in [6.07, 6.45) is 0. The Hall–Kier alpha value is -2.92. The van der Waals surface area contributed by atoms with Gasteiger partial charge in [0.15, 0.2) is 0 Å². The molecule has 8 heteroatoms. The molecule has 2 aromatic heterocycles. The molecule has 0 radical (unpaired) electrons. The van der Waals surface area contributed by atoms with Crippen molar-refractivity contribution >= 4 is 22.7 Å². The number of nitrogens with one attached hydrogen (secondary N) is 1. The number of carbonyl (C=O) groups excluding carboxylic acids is 1. The van der Waals surface area contributed by atoms with E-state index in [1.165, 1.54) is 17.7 Å². The highest BCUT2D eigenvalue weighted by molar-refractivity contribution is 5.96. The number of nitrogens with zero attached hydrogens (tertiary/aromatic N) is 4. The summed E-state index contributed by atoms with van der Waals surface area (Å²) in [5.41, 5.74) is 1.33. The number of pyridine rings is 2. The van der Waals surface area contributed by atoms with Crippen LogP contribution in [0, 0.1) is 11.3 Å². The Morgan fingerprint density at radius 3 is 2.71 bits per heavy atom. The third-order valence-electron chi connectivity index (χ3n) is 4.15. The molecule has 0 amide bonds. The molecule has 1 N–H and O–H groups in total. The third kappa shape index (κ3) is 2.49. The van der Waals surface area contributed by atoms with Gasteiger partial charge in [0.05, 0.1) is 18.3 Å². The lowest BCUT2D eigenvalue weighted by Crippen LogP contribution is -2.44. The number of aromatic nitrogens is 2. The van der Waals surface area contributed by atoms with Crippen molar-refractivity contribution in [1.29, 1.82) is 5.26 Å². The third-order valence-corrected chi connectivity index (χ3v) is 4.15. The lowest BCUT2D eigenvalue weighted by molar-refractivity contribution is 0.0594. The van der Waals surface area contributed by atoms with Gasteiger partial charge in [0.1, 0.15) is 22.8 Å². The Labute approximate surface area is 138 Å². The van der Waals surface area contributed by atoms with Gasteiger partial charge in [-0.15, -0.1) is 0 Å². The van der Waals surface area contributed by atoms with Gasteiger partial charge in [0, 0.05) is 33.2 Å². The standard InChI is InChI=1S/C16H17N5O3/c1-20-12-4-3-11(16(23)24-2)19-13(12)14(10(9-17)15(20)22)21-7-5-18-6-8-21/h3-4,18H,5-8H2,1-2H3. The Bertz CT molecular complexity index is 907. The largest absolute Gasteiger partial charge is 0.464 e. The molecule has 3 rings (SSSR count). The first-order valence-corrected chi connectivity index (χ1v) is 7.56. The van der Waals surface area contributed by atoms with E-state index in [1.807, 2.05) is 11.0 Å². The molecular weight excluding hydrogens is 310 g/mol. The molecule has 1 aliphatic heterocycles. The summed E-state index contributed by atoms with van der Waals surface area (Å²) in [4.78, 5) is 30.7. The number of aryl methyl sites for hydroxylation is 1. The first-order chi connectivity index (χ1) is 11.6. The van der Waals surface area contributed by atoms with Gasteiger partial charge in [-0.2, -0.15) is 5.26 Å². The summed E-state index contributed by atoms with van der Waals surface area (Å²) in [5, 5.41) is 12.7. The van der Waals surface area contributed by atoms with E-state index in [0.29, 0.717) is 29.8 Å². The predicted octanol–water partition coefficient (Wildman–Crippen LogP) is 0.00138. The summed E-state index contributed by atoms with van der Waals surface area (Å²) in [6, 6.07) is 5.18. The van der Waals surface area contributed by atoms with E-state index in [4.69, 9.17) is 4.74 Å². The van der Waals surface area contributed by atoms with E-state index >= 15 is 0 Å². The lowest BCUT2D eigenvalue weighted by atomic mass is 10.1. The van der Waals surface area contributed by atoms with Crippen molar-refractivity contribution in [1.82, 2.24) is 14.9 Å². The van der Waals surface area contributed by atoms with Crippen LogP contribution in [0.1, 0.15) is 16.1 Å². The minimum Gasteiger partial charge on any atom is -0.464 e. The molecule has 24 heavy (non-hydrogen) atoms. The van der Waals surface area contributed by atoms with E-state index in [0.717, 1.165) is 13.1 Å². The average Bonchev–Trinajstić information content (AvgIpc) is 2.64. The number of piperazine rings is 1. The predicted molar refractivity (Wildman–Crippen MR) is 88.1 cm³/mol. The van der Waals surface area contributed by atoms with Crippen LogP contribution in [0.5, 0.6) is 0 Å². The van der Waals surface area contributed by atoms with Crippen LogP contribution < -0.4 is 15.8 Å². The summed E-state index contributed by atoms with van der Waals surface area (Å²) in [5.74, 6) is -0.560. The molecule has 0 atom stereocenters. The van der Waals surface area contributed by atoms with Gasteiger partial charge in [0.2, 0.25) is 0 Å². The highest BCUT2D eigenvalue weighted by Crippen LogP contribution is 2.27. The fourth-order valence-electron chi connectivity index (χ4n) is 2.91. The first kappa shape index (κ1) is 16.0. The Balaban J connectivity index is 2.35. The molecule has 0 bridgehead atoms. The summed E-state index contributed by atoms with van der Waals surface area (Å²) < 4.78 is 6.11. The molecule has 1 fully saturated rings. The second-order valence-corrected chi connectivity index (χ2v) is 5.49. The van der Waals surface area contributed by atoms with Crippen molar-refractivity contribution in [2.45, 2.75) is 0 Å². The van der Waals surface area contributed by atoms with Gasteiger partial charge in [0.25, 0.3) is 5.56 Å². The minimum absolute atomic E-state index is 0.0430. The number of esters is 1. The molecule has 1 aliphatic rings. The van der Waals surface area contributed by atoms with Crippen molar-refractivity contribution in [2.24, 2.45) is 7.05 Å². The zero-order valence-electron chi connectivity index (χ0n) is 13.5. The minimum atomic E-state index is -0.560. The van der Waals surface area contributed by atoms with Gasteiger partial charge >= 0.3 is 5.97 Å². The Morgan fingerprint density at radius 1 is 1.38 bits per heavy atom. The van der Waals surface area contributed by atoms with Crippen LogP contribution in [0.4, 0.5) is 5.69 Å². The van der Waals surface area contributed by atoms with E-state index in [2.05, 4.69) is 10.3 Å². The SMILES string of the molecule is COC(=O)c1ccc2c(n1)c(N1CCNCC1)c(C#N)c(=O)n2C. The molecule has 8 nitrogen and oxygen atoms in total. The maximum atomic E-state index is 12.5. The van der Waals surface area contributed by atoms with Crippen molar-refractivity contribution < 1.29 is 9.53 Å². The normalized spacial score (nSPS) is 14.5. The van der Waals surface area contributed by atoms with Gasteiger partial charge < -0.3 is 19.5 Å². The zero-order chi connectivity index (χ0) is 17.3. The van der Waals surface area contributed by atoms with Crippen LogP contribution in [-0.2, 0) is 11.8 Å². The van der Waals surface area contributed by atoms with Gasteiger partial charge in [-0.05, 0) is 12.1 Å². The highest BCUT2D eigenvalue weighted by Gasteiger charge is 2.23. The second-order valence-electron chi connectivity index (χ2n) is 5.49. The number of ether oxygens (including phenoxy) is 1. The van der Waals surface area contributed by atoms with Crippen LogP contribution in [0.3, 0.4) is 0 Å². The van der Waals surface area contributed by atoms with Crippen molar-refractivity contribution in [3.8, 4) is 6.07 Å². The van der Waals surface area contributed by atoms with Crippen LogP contribution in [0.2, 0.25) is 0 Å². The smallest absolute Gasteiger partial charge is 0.356 e. The van der Waals surface area contributed by atoms with E-state index in [-0.39, 0.29) is 16.8 Å². The molecule has 124 valence electrons. The molecule has 0 aromatic carbocycles. The zero-order valence-corrected chi connectivity index (χ0v) is 13.5. The maximum Gasteiger partial charge on any atom is 0.356 e. The van der Waals surface area contributed by atoms with Crippen molar-refractivity contribution in [2.75, 3.05) is 38.2 Å². The van der Waals surface area contributed by atoms with Crippen molar-refractivity contribution in [3.05, 3.63) is 33.7 Å². The number of hydrogen-bond acceptors (Lipinski definition) is 7. The van der Waals surface area contributed by atoms with Gasteiger partial charge in [-0.3, -0.25) is 4.79 Å². The lowest BCUT2D eigenvalue weighted by Gasteiger charge is -2.30. The van der Waals surface area contributed by atoms with Crippen LogP contribution in [-0.4, -0.2) is 48.8 Å². The molecule has 3 heterocycles. The average molecular weight is 327 g/mol. The first-order valence-electron chi connectivity index (χ1n) is 7.56. The topological polar surface area (TPSA) is 100 Å². The second kappa shape index (κ2) is 6.29. The molecule has 1 saturated heterocycles. The maximum absolute atomic E-state index is 12.5. The van der Waals surface area contributed by atoms with Crippen LogP contribution >= 0.6 is 0 Å². The van der Waals surface area contributed by atoms with E-state index in [1.54, 1.807) is 13.1 Å². The van der Waals surface area contributed by atoms with Gasteiger partial charge in [-0.25, -0.2) is 9.78 Å². The summed E-state index contributed by atoms with van der Waals surface area (Å²) >= 11 is 0. The molecule has 0 aliphatic carbocycles. The number of rotatable bonds is 2. The Kier molecular flexibility index (Phi) is 4.18. The number of carbonyl (C=O) groups is 1. The number of fused-ring (bicyclic) bond motifs is 1. The number of methoxy groups -OCH3 is 1. The molecule has 0 unspecified atom stereocenters. The van der Waals surface area contributed by atoms with E-state index < -0.39 is 5.97 Å². The Morgan fingerprint density at radius 2 is 2.08 bits per heavy atom. The molecular formula is C16H17N5O3.